The Morgan fingerprint density at radius 2 is 1.82 bits per heavy atom. The summed E-state index contributed by atoms with van der Waals surface area (Å²) in [6.07, 6.45) is 1.16. The first-order valence-corrected chi connectivity index (χ1v) is 6.08. The van der Waals surface area contributed by atoms with Gasteiger partial charge in [0.25, 0.3) is 0 Å². The number of carboxylic acid groups (broad SMARTS) is 1. The standard InChI is InChI=1S/C12H24N2O3/c1-6-9(8(3)4)13-11(17)14-12(5,7-2)10(15)16/h8-9H,6-7H2,1-5H3,(H,15,16)(H2,13,14,17). The van der Waals surface area contributed by atoms with Crippen molar-refractivity contribution in [3.8, 4) is 0 Å². The van der Waals surface area contributed by atoms with Crippen LogP contribution >= 0.6 is 0 Å². The predicted octanol–water partition coefficient (Wildman–Crippen LogP) is 1.97. The van der Waals surface area contributed by atoms with Crippen LogP contribution in [0, 0.1) is 5.92 Å². The summed E-state index contributed by atoms with van der Waals surface area (Å²) in [6.45, 7) is 9.26. The van der Waals surface area contributed by atoms with Gasteiger partial charge in [-0.2, -0.15) is 0 Å². The van der Waals surface area contributed by atoms with Crippen LogP contribution in [0.3, 0.4) is 0 Å². The number of nitrogens with one attached hydrogen (secondary N) is 2. The van der Waals surface area contributed by atoms with E-state index in [2.05, 4.69) is 10.6 Å². The minimum atomic E-state index is -1.21. The van der Waals surface area contributed by atoms with Gasteiger partial charge in [-0.05, 0) is 25.7 Å². The summed E-state index contributed by atoms with van der Waals surface area (Å²) in [4.78, 5) is 22.7. The number of carbonyl (C=O) groups is 2. The molecule has 0 radical (unpaired) electrons. The molecular formula is C12H24N2O3. The molecule has 2 amide bonds. The zero-order valence-electron chi connectivity index (χ0n) is 11.3. The summed E-state index contributed by atoms with van der Waals surface area (Å²) in [5, 5.41) is 14.3. The van der Waals surface area contributed by atoms with E-state index in [1.807, 2.05) is 20.8 Å². The minimum Gasteiger partial charge on any atom is -0.480 e. The van der Waals surface area contributed by atoms with E-state index in [1.54, 1.807) is 6.92 Å². The SMILES string of the molecule is CCC(NC(=O)NC(C)(CC)C(=O)O)C(C)C. The number of aliphatic carboxylic acids is 1. The summed E-state index contributed by atoms with van der Waals surface area (Å²) < 4.78 is 0. The van der Waals surface area contributed by atoms with Crippen molar-refractivity contribution in [2.75, 3.05) is 0 Å². The Kier molecular flexibility index (Phi) is 5.99. The van der Waals surface area contributed by atoms with Gasteiger partial charge in [0.05, 0.1) is 0 Å². The Morgan fingerprint density at radius 1 is 1.29 bits per heavy atom. The molecule has 0 aliphatic heterocycles. The van der Waals surface area contributed by atoms with E-state index in [9.17, 15) is 9.59 Å². The van der Waals surface area contributed by atoms with Gasteiger partial charge in [0.2, 0.25) is 0 Å². The van der Waals surface area contributed by atoms with Crippen molar-refractivity contribution < 1.29 is 14.7 Å². The molecule has 0 fully saturated rings. The molecule has 0 bridgehead atoms. The quantitative estimate of drug-likeness (QED) is 0.668. The number of carboxylic acids is 1. The lowest BCUT2D eigenvalue weighted by Gasteiger charge is -2.27. The summed E-state index contributed by atoms with van der Waals surface area (Å²) in [5.41, 5.74) is -1.21. The molecule has 0 heterocycles. The first kappa shape index (κ1) is 15.7. The molecule has 3 N–H and O–H groups in total. The van der Waals surface area contributed by atoms with Crippen LogP contribution in [-0.2, 0) is 4.79 Å². The topological polar surface area (TPSA) is 78.4 Å². The Morgan fingerprint density at radius 3 is 2.12 bits per heavy atom. The fraction of sp³-hybridized carbons (Fsp3) is 0.833. The predicted molar refractivity (Wildman–Crippen MR) is 66.9 cm³/mol. The summed E-state index contributed by atoms with van der Waals surface area (Å²) in [6, 6.07) is -0.359. The van der Waals surface area contributed by atoms with E-state index >= 15 is 0 Å². The second-order valence-electron chi connectivity index (χ2n) is 4.85. The number of hydrogen-bond acceptors (Lipinski definition) is 2. The molecule has 2 unspecified atom stereocenters. The van der Waals surface area contributed by atoms with Crippen LogP contribution in [0.4, 0.5) is 4.79 Å². The van der Waals surface area contributed by atoms with Crippen molar-refractivity contribution >= 4 is 12.0 Å². The van der Waals surface area contributed by atoms with Crippen LogP contribution in [0.1, 0.15) is 47.5 Å². The monoisotopic (exact) mass is 244 g/mol. The second-order valence-corrected chi connectivity index (χ2v) is 4.85. The number of carbonyl (C=O) groups excluding carboxylic acids is 1. The fourth-order valence-electron chi connectivity index (χ4n) is 1.49. The molecule has 0 saturated heterocycles. The minimum absolute atomic E-state index is 0.0601. The van der Waals surface area contributed by atoms with Gasteiger partial charge in [-0.3, -0.25) is 0 Å². The lowest BCUT2D eigenvalue weighted by atomic mass is 9.99. The highest BCUT2D eigenvalue weighted by Crippen LogP contribution is 2.10. The molecule has 2 atom stereocenters. The highest BCUT2D eigenvalue weighted by Gasteiger charge is 2.33. The molecule has 0 aromatic carbocycles. The average Bonchev–Trinajstić information content (AvgIpc) is 2.24. The van der Waals surface area contributed by atoms with Crippen molar-refractivity contribution in [1.29, 1.82) is 0 Å². The van der Waals surface area contributed by atoms with Crippen LogP contribution in [0.2, 0.25) is 0 Å². The van der Waals surface area contributed by atoms with Gasteiger partial charge in [-0.15, -0.1) is 0 Å². The van der Waals surface area contributed by atoms with Crippen LogP contribution in [0.5, 0.6) is 0 Å². The smallest absolute Gasteiger partial charge is 0.329 e. The maximum atomic E-state index is 11.7. The van der Waals surface area contributed by atoms with Crippen LogP contribution in [0.25, 0.3) is 0 Å². The van der Waals surface area contributed by atoms with E-state index in [0.717, 1.165) is 6.42 Å². The highest BCUT2D eigenvalue weighted by molar-refractivity contribution is 5.85. The average molecular weight is 244 g/mol. The summed E-state index contributed by atoms with van der Waals surface area (Å²) >= 11 is 0. The van der Waals surface area contributed by atoms with Gasteiger partial charge in [-0.25, -0.2) is 9.59 Å². The largest absolute Gasteiger partial charge is 0.480 e. The third kappa shape index (κ3) is 4.63. The first-order chi connectivity index (χ1) is 7.76. The van der Waals surface area contributed by atoms with Crippen molar-refractivity contribution in [2.45, 2.75) is 59.0 Å². The molecule has 0 aromatic rings. The molecule has 0 spiro atoms. The number of rotatable bonds is 6. The molecule has 100 valence electrons. The highest BCUT2D eigenvalue weighted by atomic mass is 16.4. The van der Waals surface area contributed by atoms with E-state index in [1.165, 1.54) is 6.92 Å². The fourth-order valence-corrected chi connectivity index (χ4v) is 1.49. The second kappa shape index (κ2) is 6.47. The van der Waals surface area contributed by atoms with E-state index in [4.69, 9.17) is 5.11 Å². The van der Waals surface area contributed by atoms with Gasteiger partial charge >= 0.3 is 12.0 Å². The number of urea groups is 1. The maximum absolute atomic E-state index is 11.7. The summed E-state index contributed by atoms with van der Waals surface area (Å²) in [5.74, 6) is -0.698. The van der Waals surface area contributed by atoms with Crippen molar-refractivity contribution in [2.24, 2.45) is 5.92 Å². The van der Waals surface area contributed by atoms with Crippen molar-refractivity contribution in [1.82, 2.24) is 10.6 Å². The van der Waals surface area contributed by atoms with Gasteiger partial charge < -0.3 is 15.7 Å². The third-order valence-electron chi connectivity index (χ3n) is 3.13. The lowest BCUT2D eigenvalue weighted by Crippen LogP contribution is -2.56. The van der Waals surface area contributed by atoms with Crippen molar-refractivity contribution in [3.05, 3.63) is 0 Å². The molecule has 5 nitrogen and oxygen atoms in total. The Balaban J connectivity index is 4.49. The van der Waals surface area contributed by atoms with E-state index in [0.29, 0.717) is 12.3 Å². The molecule has 5 heteroatoms. The molecule has 17 heavy (non-hydrogen) atoms. The Labute approximate surface area is 103 Å². The van der Waals surface area contributed by atoms with E-state index in [-0.39, 0.29) is 6.04 Å². The zero-order valence-corrected chi connectivity index (χ0v) is 11.3. The van der Waals surface area contributed by atoms with Gasteiger partial charge in [0.1, 0.15) is 5.54 Å². The van der Waals surface area contributed by atoms with Crippen LogP contribution in [0.15, 0.2) is 0 Å². The summed E-state index contributed by atoms with van der Waals surface area (Å²) in [7, 11) is 0. The van der Waals surface area contributed by atoms with Crippen LogP contribution in [-0.4, -0.2) is 28.7 Å². The number of hydrogen-bond donors (Lipinski definition) is 3. The van der Waals surface area contributed by atoms with Crippen molar-refractivity contribution in [3.63, 3.8) is 0 Å². The molecule has 0 rings (SSSR count). The normalized spacial score (nSPS) is 16.1. The van der Waals surface area contributed by atoms with Gasteiger partial charge in [0.15, 0.2) is 0 Å². The molecule has 0 saturated carbocycles. The molecule has 0 aliphatic carbocycles. The number of amides is 2. The zero-order chi connectivity index (χ0) is 13.6. The van der Waals surface area contributed by atoms with E-state index < -0.39 is 17.5 Å². The molecular weight excluding hydrogens is 220 g/mol. The van der Waals surface area contributed by atoms with Gasteiger partial charge in [-0.1, -0.05) is 27.7 Å². The molecule has 0 aliphatic rings. The Bertz CT molecular complexity index is 279. The molecule has 0 aromatic heterocycles. The maximum Gasteiger partial charge on any atom is 0.329 e. The first-order valence-electron chi connectivity index (χ1n) is 6.08. The lowest BCUT2D eigenvalue weighted by molar-refractivity contribution is -0.143. The Hall–Kier alpha value is -1.26. The third-order valence-corrected chi connectivity index (χ3v) is 3.13. The van der Waals surface area contributed by atoms with Gasteiger partial charge in [0, 0.05) is 6.04 Å². The van der Waals surface area contributed by atoms with Crippen LogP contribution < -0.4 is 10.6 Å².